The van der Waals surface area contributed by atoms with Gasteiger partial charge in [-0.05, 0) is 162 Å². The van der Waals surface area contributed by atoms with Gasteiger partial charge in [0.25, 0.3) is 0 Å². The molecule has 0 bridgehead atoms. The molecule has 0 aliphatic rings. The average Bonchev–Trinajstić information content (AvgIpc) is 0.772. The molecule has 0 N–H and O–H groups in total. The van der Waals surface area contributed by atoms with Gasteiger partial charge < -0.3 is 9.80 Å². The van der Waals surface area contributed by atoms with Crippen LogP contribution in [0.15, 0.2) is 365 Å². The number of anilines is 6. The molecule has 0 fully saturated rings. The molecule has 0 unspecified atom stereocenters. The lowest BCUT2D eigenvalue weighted by Gasteiger charge is -2.31. The first-order valence-electron chi connectivity index (χ1n) is 33.3. The van der Waals surface area contributed by atoms with Gasteiger partial charge >= 0.3 is 0 Å². The summed E-state index contributed by atoms with van der Waals surface area (Å²) in [4.78, 5) is 4.77. The van der Waals surface area contributed by atoms with Crippen LogP contribution in [-0.2, 0) is 0 Å². The van der Waals surface area contributed by atoms with E-state index in [0.29, 0.717) is 11.1 Å². The minimum absolute atomic E-state index is 0.120. The van der Waals surface area contributed by atoms with E-state index in [4.69, 9.17) is 8.22 Å². The summed E-state index contributed by atoms with van der Waals surface area (Å²) in [6.07, 6.45) is 0. The topological polar surface area (TPSA) is 6.48 Å². The summed E-state index contributed by atoms with van der Waals surface area (Å²) < 4.78 is 47.8. The first-order chi connectivity index (χ1) is 47.1. The van der Waals surface area contributed by atoms with Crippen molar-refractivity contribution in [2.45, 2.75) is 0 Å². The van der Waals surface area contributed by atoms with E-state index in [9.17, 15) is 0 Å². The van der Waals surface area contributed by atoms with E-state index in [2.05, 4.69) is 289 Å². The van der Waals surface area contributed by atoms with Crippen LogP contribution in [-0.4, -0.2) is 0 Å². The lowest BCUT2D eigenvalue weighted by Crippen LogP contribution is -2.13. The second-order valence-electron chi connectivity index (χ2n) is 22.3. The van der Waals surface area contributed by atoms with Crippen LogP contribution in [0.25, 0.3) is 112 Å². The molecule has 90 heavy (non-hydrogen) atoms. The Hall–Kier alpha value is -11.8. The van der Waals surface area contributed by atoms with E-state index in [-0.39, 0.29) is 12.1 Å². The van der Waals surface area contributed by atoms with Gasteiger partial charge in [0, 0.05) is 33.6 Å². The van der Waals surface area contributed by atoms with Gasteiger partial charge in [-0.2, -0.15) is 0 Å². The quantitative estimate of drug-likeness (QED) is 0.0897. The van der Waals surface area contributed by atoms with E-state index >= 15 is 0 Å². The molecule has 0 aliphatic heterocycles. The molecule has 2 heteroatoms. The van der Waals surface area contributed by atoms with Crippen LogP contribution in [0.5, 0.6) is 0 Å². The van der Waals surface area contributed by atoms with Crippen LogP contribution < -0.4 is 9.80 Å². The largest absolute Gasteiger partial charge is 0.309 e. The molecule has 426 valence electrons. The second-order valence-corrected chi connectivity index (χ2v) is 22.3. The number of hydrogen-bond donors (Lipinski definition) is 0. The molecule has 0 spiro atoms. The van der Waals surface area contributed by atoms with Crippen molar-refractivity contribution >= 4 is 46.2 Å². The molecule has 0 atom stereocenters. The molecule has 14 aromatic rings. The van der Waals surface area contributed by atoms with Gasteiger partial charge in [0.1, 0.15) is 0 Å². The normalized spacial score (nSPS) is 11.8. The predicted molar refractivity (Wildman–Crippen MR) is 385 cm³/mol. The number of nitrogens with zero attached hydrogens (tertiary/aromatic N) is 2. The van der Waals surface area contributed by atoms with Crippen molar-refractivity contribution in [1.29, 1.82) is 0 Å². The maximum atomic E-state index is 8.34. The summed E-state index contributed by atoms with van der Waals surface area (Å²) in [7, 11) is 0. The zero-order valence-electron chi connectivity index (χ0n) is 55.4. The van der Waals surface area contributed by atoms with Gasteiger partial charge in [-0.3, -0.25) is 0 Å². The Kier molecular flexibility index (Phi) is 14.0. The summed E-state index contributed by atoms with van der Waals surface area (Å²) >= 11 is 0. The maximum absolute atomic E-state index is 8.34. The van der Waals surface area contributed by atoms with Crippen molar-refractivity contribution in [3.63, 3.8) is 0 Å². The molecule has 0 amide bonds. The second kappa shape index (κ2) is 25.6. The van der Waals surface area contributed by atoms with Crippen LogP contribution in [0.3, 0.4) is 0 Å². The standard InChI is InChI=1S/C88H64N2/c1-3-63-35-39-69(40-36-63)77-49-57-87(83(61-77)73-31-19-9-20-32-73)89(85-55-47-75(65-23-11-5-12-24-65)59-81(85)71-27-15-7-16-28-71)79-51-43-67(44-52-79)68-45-53-80(54-46-68)90(86-56-48-76(66-25-13-6-14-26-66)60-82(86)72-29-17-8-18-30-72)88-58-50-78(70-41-37-64(4-2)38-42-70)62-84(88)74-33-21-10-22-34-74/h3-62H,1-2H2/i1D2,2D2,3D,4D. The van der Waals surface area contributed by atoms with Gasteiger partial charge in [0.2, 0.25) is 0 Å². The third-order valence-corrected chi connectivity index (χ3v) is 16.8. The highest BCUT2D eigenvalue weighted by Gasteiger charge is 2.25. The molecule has 0 saturated heterocycles. The van der Waals surface area contributed by atoms with E-state index in [0.717, 1.165) is 134 Å². The van der Waals surface area contributed by atoms with Crippen molar-refractivity contribution in [3.8, 4) is 100 Å². The molecular weight excluding hydrogens is 1080 g/mol. The zero-order valence-corrected chi connectivity index (χ0v) is 49.4. The van der Waals surface area contributed by atoms with E-state index in [1.54, 1.807) is 0 Å². The van der Waals surface area contributed by atoms with Crippen molar-refractivity contribution in [1.82, 2.24) is 0 Å². The summed E-state index contributed by atoms with van der Waals surface area (Å²) in [6, 6.07) is 123. The van der Waals surface area contributed by atoms with Gasteiger partial charge in [0.15, 0.2) is 0 Å². The van der Waals surface area contributed by atoms with Crippen LogP contribution in [0.1, 0.15) is 19.4 Å². The number of benzene rings is 14. The van der Waals surface area contributed by atoms with Gasteiger partial charge in [-0.25, -0.2) is 0 Å². The molecule has 14 rings (SSSR count). The van der Waals surface area contributed by atoms with Gasteiger partial charge in [-0.15, -0.1) is 0 Å². The van der Waals surface area contributed by atoms with Crippen molar-refractivity contribution in [2.24, 2.45) is 0 Å². The molecule has 0 aromatic heterocycles. The summed E-state index contributed by atoms with van der Waals surface area (Å²) in [5.41, 5.74) is 25.8. The van der Waals surface area contributed by atoms with Gasteiger partial charge in [0.05, 0.1) is 31.0 Å². The Morgan fingerprint density at radius 3 is 0.656 bits per heavy atom. The fraction of sp³-hybridized carbons (Fsp3) is 0. The van der Waals surface area contributed by atoms with Crippen molar-refractivity contribution in [2.75, 3.05) is 9.80 Å². The van der Waals surface area contributed by atoms with E-state index in [1.165, 1.54) is 0 Å². The summed E-state index contributed by atoms with van der Waals surface area (Å²) in [5, 5.41) is 0. The molecule has 0 aliphatic carbocycles. The molecule has 0 heterocycles. The monoisotopic (exact) mass is 1150 g/mol. The predicted octanol–water partition coefficient (Wildman–Crippen LogP) is 24.9. The molecule has 2 nitrogen and oxygen atoms in total. The Labute approximate surface area is 537 Å². The highest BCUT2D eigenvalue weighted by molar-refractivity contribution is 5.99. The summed E-state index contributed by atoms with van der Waals surface area (Å²) in [5.74, 6) is 0. The van der Waals surface area contributed by atoms with Crippen LogP contribution in [0, 0.1) is 0 Å². The first-order valence-corrected chi connectivity index (χ1v) is 30.3. The highest BCUT2D eigenvalue weighted by atomic mass is 15.2. The lowest BCUT2D eigenvalue weighted by atomic mass is 9.93. The minimum atomic E-state index is -0.522. The lowest BCUT2D eigenvalue weighted by molar-refractivity contribution is 1.28. The van der Waals surface area contributed by atoms with Crippen molar-refractivity contribution < 1.29 is 8.22 Å². The number of hydrogen-bond acceptors (Lipinski definition) is 2. The SMILES string of the molecule is [2H]C([2H])=C([2H])c1ccc(-c2ccc(N(c3ccc(-c4ccc(N(c5ccc(-c6ccccc6)cc5-c5ccccc5)c5ccc(-c6ccc(C([2H])=C([2H])[2H])cc6)cc5-c5ccccc5)cc4)cc3)c3ccc(-c4ccccc4)cc3-c3ccccc3)c(-c3ccccc3)c2)cc1. The Balaban J connectivity index is 0.913. The fourth-order valence-corrected chi connectivity index (χ4v) is 12.2. The molecular formula is C88H64N2. The van der Waals surface area contributed by atoms with Crippen molar-refractivity contribution in [3.05, 3.63) is 376 Å². The fourth-order valence-electron chi connectivity index (χ4n) is 12.2. The third kappa shape index (κ3) is 11.7. The van der Waals surface area contributed by atoms with E-state index in [1.807, 2.05) is 72.8 Å². The van der Waals surface area contributed by atoms with Crippen LogP contribution in [0.2, 0.25) is 0 Å². The number of rotatable bonds is 17. The highest BCUT2D eigenvalue weighted by Crippen LogP contribution is 2.50. The maximum Gasteiger partial charge on any atom is 0.0623 e. The first kappa shape index (κ1) is 49.3. The molecule has 0 saturated carbocycles. The summed E-state index contributed by atoms with van der Waals surface area (Å²) in [6.45, 7) is -1.04. The van der Waals surface area contributed by atoms with E-state index < -0.39 is 13.1 Å². The Morgan fingerprint density at radius 2 is 0.411 bits per heavy atom. The Morgan fingerprint density at radius 1 is 0.211 bits per heavy atom. The van der Waals surface area contributed by atoms with Gasteiger partial charge in [-0.1, -0.05) is 304 Å². The third-order valence-electron chi connectivity index (χ3n) is 16.8. The minimum Gasteiger partial charge on any atom is -0.309 e. The molecule has 0 radical (unpaired) electrons. The molecule has 14 aromatic carbocycles. The Bertz CT molecular complexity index is 4770. The van der Waals surface area contributed by atoms with Crippen LogP contribution >= 0.6 is 0 Å². The zero-order chi connectivity index (χ0) is 65.5. The van der Waals surface area contributed by atoms with Crippen LogP contribution in [0.4, 0.5) is 34.1 Å². The average molecular weight is 1160 g/mol. The smallest absolute Gasteiger partial charge is 0.0623 e.